The highest BCUT2D eigenvalue weighted by Gasteiger charge is 2.33. The molecule has 0 N–H and O–H groups in total. The van der Waals surface area contributed by atoms with Gasteiger partial charge in [0.1, 0.15) is 11.7 Å². The zero-order valence-corrected chi connectivity index (χ0v) is 11.0. The summed E-state index contributed by atoms with van der Waals surface area (Å²) in [6, 6.07) is 2.95. The SMILES string of the molecule is COC(=O)C1CCCCN1c1c(F)cc(C#N)cc1F. The van der Waals surface area contributed by atoms with Crippen LogP contribution in [0.15, 0.2) is 12.1 Å². The van der Waals surface area contributed by atoms with Crippen LogP contribution < -0.4 is 4.90 Å². The van der Waals surface area contributed by atoms with Gasteiger partial charge in [0.2, 0.25) is 0 Å². The maximum atomic E-state index is 14.0. The number of carbonyl (C=O) groups is 1. The number of nitrogens with zero attached hydrogens (tertiary/aromatic N) is 2. The van der Waals surface area contributed by atoms with E-state index >= 15 is 0 Å². The standard InChI is InChI=1S/C14H14F2N2O2/c1-20-14(19)12-4-2-3-5-18(12)13-10(15)6-9(8-17)7-11(13)16/h6-7,12H,2-5H2,1H3. The average Bonchev–Trinajstić information content (AvgIpc) is 2.46. The third kappa shape index (κ3) is 2.57. The highest BCUT2D eigenvalue weighted by molar-refractivity contribution is 5.80. The van der Waals surface area contributed by atoms with Gasteiger partial charge < -0.3 is 9.64 Å². The Balaban J connectivity index is 2.43. The second-order valence-electron chi connectivity index (χ2n) is 4.63. The van der Waals surface area contributed by atoms with Crippen molar-refractivity contribution in [3.05, 3.63) is 29.3 Å². The van der Waals surface area contributed by atoms with Gasteiger partial charge in [-0.05, 0) is 31.4 Å². The molecule has 1 aromatic carbocycles. The number of ether oxygens (including phenoxy) is 1. The number of rotatable bonds is 2. The van der Waals surface area contributed by atoms with Gasteiger partial charge in [-0.2, -0.15) is 5.26 Å². The number of piperidine rings is 1. The third-order valence-corrected chi connectivity index (χ3v) is 3.41. The van der Waals surface area contributed by atoms with Crippen molar-refractivity contribution in [2.24, 2.45) is 0 Å². The van der Waals surface area contributed by atoms with E-state index in [2.05, 4.69) is 4.74 Å². The minimum Gasteiger partial charge on any atom is -0.467 e. The molecule has 0 amide bonds. The Morgan fingerprint density at radius 1 is 1.40 bits per heavy atom. The number of nitriles is 1. The quantitative estimate of drug-likeness (QED) is 0.780. The van der Waals surface area contributed by atoms with Gasteiger partial charge in [-0.25, -0.2) is 13.6 Å². The van der Waals surface area contributed by atoms with Crippen LogP contribution in [0.4, 0.5) is 14.5 Å². The number of anilines is 1. The Labute approximate surface area is 115 Å². The summed E-state index contributed by atoms with van der Waals surface area (Å²) in [5.74, 6) is -2.18. The van der Waals surface area contributed by atoms with Crippen LogP contribution in [0.2, 0.25) is 0 Å². The van der Waals surface area contributed by atoms with Crippen molar-refractivity contribution in [2.75, 3.05) is 18.6 Å². The summed E-state index contributed by atoms with van der Waals surface area (Å²) < 4.78 is 32.8. The van der Waals surface area contributed by atoms with E-state index in [-0.39, 0.29) is 11.3 Å². The fourth-order valence-electron chi connectivity index (χ4n) is 2.48. The first-order valence-electron chi connectivity index (χ1n) is 6.32. The van der Waals surface area contributed by atoms with Crippen molar-refractivity contribution in [3.8, 4) is 6.07 Å². The van der Waals surface area contributed by atoms with Gasteiger partial charge in [-0.3, -0.25) is 0 Å². The highest BCUT2D eigenvalue weighted by atomic mass is 19.1. The molecule has 0 aromatic heterocycles. The van der Waals surface area contributed by atoms with Gasteiger partial charge >= 0.3 is 5.97 Å². The molecule has 1 heterocycles. The molecule has 6 heteroatoms. The molecule has 1 fully saturated rings. The number of methoxy groups -OCH3 is 1. The van der Waals surface area contributed by atoms with Crippen molar-refractivity contribution in [1.29, 1.82) is 5.26 Å². The lowest BCUT2D eigenvalue weighted by Gasteiger charge is -2.35. The van der Waals surface area contributed by atoms with Crippen molar-refractivity contribution >= 4 is 11.7 Å². The lowest BCUT2D eigenvalue weighted by Crippen LogP contribution is -2.46. The van der Waals surface area contributed by atoms with Gasteiger partial charge in [0, 0.05) is 6.54 Å². The number of halogens is 2. The minimum absolute atomic E-state index is 0.0876. The van der Waals surface area contributed by atoms with Gasteiger partial charge in [0.25, 0.3) is 0 Å². The molecule has 4 nitrogen and oxygen atoms in total. The van der Waals surface area contributed by atoms with Gasteiger partial charge in [0.15, 0.2) is 11.6 Å². The highest BCUT2D eigenvalue weighted by Crippen LogP contribution is 2.31. The molecule has 1 unspecified atom stereocenters. The van der Waals surface area contributed by atoms with Crippen LogP contribution in [-0.2, 0) is 9.53 Å². The van der Waals surface area contributed by atoms with Crippen LogP contribution in [0.3, 0.4) is 0 Å². The fourth-order valence-corrected chi connectivity index (χ4v) is 2.48. The molecule has 1 saturated heterocycles. The molecule has 0 spiro atoms. The molecule has 2 rings (SSSR count). The maximum absolute atomic E-state index is 14.0. The van der Waals surface area contributed by atoms with E-state index in [1.807, 2.05) is 0 Å². The summed E-state index contributed by atoms with van der Waals surface area (Å²) >= 11 is 0. The lowest BCUT2D eigenvalue weighted by molar-refractivity contribution is -0.142. The summed E-state index contributed by atoms with van der Waals surface area (Å²) in [4.78, 5) is 13.1. The molecule has 1 aromatic rings. The normalized spacial score (nSPS) is 18.5. The van der Waals surface area contributed by atoms with Crippen molar-refractivity contribution in [2.45, 2.75) is 25.3 Å². The number of carbonyl (C=O) groups excluding carboxylic acids is 1. The number of hydrogen-bond acceptors (Lipinski definition) is 4. The van der Waals surface area contributed by atoms with E-state index < -0.39 is 23.6 Å². The van der Waals surface area contributed by atoms with Crippen LogP contribution in [-0.4, -0.2) is 25.7 Å². The Hall–Kier alpha value is -2.16. The van der Waals surface area contributed by atoms with Crippen LogP contribution in [0, 0.1) is 23.0 Å². The molecule has 106 valence electrons. The largest absolute Gasteiger partial charge is 0.467 e. The lowest BCUT2D eigenvalue weighted by atomic mass is 10.0. The van der Waals surface area contributed by atoms with E-state index in [0.29, 0.717) is 13.0 Å². The first kappa shape index (κ1) is 14.3. The molecule has 0 radical (unpaired) electrons. The van der Waals surface area contributed by atoms with E-state index in [1.54, 1.807) is 6.07 Å². The number of hydrogen-bond donors (Lipinski definition) is 0. The summed E-state index contributed by atoms with van der Waals surface area (Å²) in [5, 5.41) is 8.69. The fraction of sp³-hybridized carbons (Fsp3) is 0.429. The predicted octanol–water partition coefficient (Wildman–Crippen LogP) is 2.37. The zero-order chi connectivity index (χ0) is 14.7. The molecule has 0 aliphatic carbocycles. The second-order valence-corrected chi connectivity index (χ2v) is 4.63. The smallest absolute Gasteiger partial charge is 0.328 e. The molecule has 0 bridgehead atoms. The number of benzene rings is 1. The molecule has 1 atom stereocenters. The third-order valence-electron chi connectivity index (χ3n) is 3.41. The van der Waals surface area contributed by atoms with Crippen molar-refractivity contribution < 1.29 is 18.3 Å². The van der Waals surface area contributed by atoms with E-state index in [4.69, 9.17) is 5.26 Å². The second kappa shape index (κ2) is 5.87. The first-order chi connectivity index (χ1) is 9.58. The van der Waals surface area contributed by atoms with Crippen LogP contribution in [0.1, 0.15) is 24.8 Å². The summed E-state index contributed by atoms with van der Waals surface area (Å²) in [5.41, 5.74) is -0.352. The molecular formula is C14H14F2N2O2. The summed E-state index contributed by atoms with van der Waals surface area (Å²) in [7, 11) is 1.25. The maximum Gasteiger partial charge on any atom is 0.328 e. The van der Waals surface area contributed by atoms with Crippen LogP contribution in [0.25, 0.3) is 0 Å². The molecule has 0 saturated carbocycles. The van der Waals surface area contributed by atoms with Crippen molar-refractivity contribution in [1.82, 2.24) is 0 Å². The molecule has 1 aliphatic rings. The van der Waals surface area contributed by atoms with Gasteiger partial charge in [-0.15, -0.1) is 0 Å². The summed E-state index contributed by atoms with van der Waals surface area (Å²) in [6.45, 7) is 0.375. The van der Waals surface area contributed by atoms with E-state index in [1.165, 1.54) is 12.0 Å². The van der Waals surface area contributed by atoms with E-state index in [9.17, 15) is 13.6 Å². The topological polar surface area (TPSA) is 53.3 Å². The van der Waals surface area contributed by atoms with Gasteiger partial charge in [0.05, 0.1) is 18.7 Å². The zero-order valence-electron chi connectivity index (χ0n) is 11.0. The predicted molar refractivity (Wildman–Crippen MR) is 68.1 cm³/mol. The Morgan fingerprint density at radius 3 is 2.60 bits per heavy atom. The van der Waals surface area contributed by atoms with Crippen molar-refractivity contribution in [3.63, 3.8) is 0 Å². The van der Waals surface area contributed by atoms with Crippen LogP contribution >= 0.6 is 0 Å². The van der Waals surface area contributed by atoms with E-state index in [0.717, 1.165) is 25.0 Å². The average molecular weight is 280 g/mol. The van der Waals surface area contributed by atoms with Gasteiger partial charge in [-0.1, -0.05) is 0 Å². The molecular weight excluding hydrogens is 266 g/mol. The minimum atomic E-state index is -0.836. The molecule has 20 heavy (non-hydrogen) atoms. The molecule has 1 aliphatic heterocycles. The number of esters is 1. The van der Waals surface area contributed by atoms with Crippen LogP contribution in [0.5, 0.6) is 0 Å². The Kier molecular flexibility index (Phi) is 4.18. The first-order valence-corrected chi connectivity index (χ1v) is 6.32. The Morgan fingerprint density at radius 2 is 2.05 bits per heavy atom. The Bertz CT molecular complexity index is 546. The monoisotopic (exact) mass is 280 g/mol. The summed E-state index contributed by atoms with van der Waals surface area (Å²) in [6.07, 6.45) is 2.04.